The molecule has 0 aliphatic rings. The fourth-order valence-corrected chi connectivity index (χ4v) is 0.951. The van der Waals surface area contributed by atoms with Gasteiger partial charge in [-0.15, -0.1) is 0 Å². The first-order valence-corrected chi connectivity index (χ1v) is 4.26. The first-order chi connectivity index (χ1) is 5.61. The van der Waals surface area contributed by atoms with Crippen LogP contribution in [0, 0.1) is 5.92 Å². The summed E-state index contributed by atoms with van der Waals surface area (Å²) in [5.74, 6) is -0.436. The largest absolute Gasteiger partial charge is 0.490 e. The van der Waals surface area contributed by atoms with E-state index in [2.05, 4.69) is 0 Å². The van der Waals surface area contributed by atoms with Gasteiger partial charge >= 0.3 is 5.97 Å². The molecule has 0 heterocycles. The van der Waals surface area contributed by atoms with Crippen LogP contribution in [-0.2, 0) is 14.3 Å². The highest BCUT2D eigenvalue weighted by molar-refractivity contribution is 7.80. The molecule has 0 bridgehead atoms. The van der Waals surface area contributed by atoms with Gasteiger partial charge in [0.05, 0.1) is 19.6 Å². The maximum atomic E-state index is 11.1. The highest BCUT2D eigenvalue weighted by Gasteiger charge is 2.15. The average molecular weight is 190 g/mol. The third kappa shape index (κ3) is 4.28. The lowest BCUT2D eigenvalue weighted by atomic mass is 10.1. The Balaban J connectivity index is 3.78. The Labute approximate surface area is 78.0 Å². The lowest BCUT2D eigenvalue weighted by Crippen LogP contribution is -2.18. The Bertz CT molecular complexity index is 168. The van der Waals surface area contributed by atoms with Crippen LogP contribution < -0.4 is 0 Å². The van der Waals surface area contributed by atoms with Crippen LogP contribution in [0.25, 0.3) is 0 Å². The van der Waals surface area contributed by atoms with E-state index in [4.69, 9.17) is 21.7 Å². The number of hydrogen-bond donors (Lipinski definition) is 0. The second-order valence-electron chi connectivity index (χ2n) is 2.43. The minimum absolute atomic E-state index is 0.211. The van der Waals surface area contributed by atoms with Crippen molar-refractivity contribution in [1.29, 1.82) is 0 Å². The predicted octanol–water partition coefficient (Wildman–Crippen LogP) is 1.55. The molecule has 1 atom stereocenters. The highest BCUT2D eigenvalue weighted by Crippen LogP contribution is 2.06. The molecule has 0 aromatic rings. The Morgan fingerprint density at radius 1 is 1.58 bits per heavy atom. The van der Waals surface area contributed by atoms with Crippen molar-refractivity contribution in [2.45, 2.75) is 20.3 Å². The maximum absolute atomic E-state index is 11.1. The molecular weight excluding hydrogens is 176 g/mol. The SMILES string of the molecule is CCOC(=O)C(C)CC(=S)OC. The van der Waals surface area contributed by atoms with Crippen molar-refractivity contribution in [1.82, 2.24) is 0 Å². The molecule has 3 nitrogen and oxygen atoms in total. The van der Waals surface area contributed by atoms with Crippen LogP contribution in [0.15, 0.2) is 0 Å². The summed E-state index contributed by atoms with van der Waals surface area (Å²) in [6.45, 7) is 3.95. The molecule has 0 saturated carbocycles. The first kappa shape index (κ1) is 11.4. The molecule has 0 spiro atoms. The van der Waals surface area contributed by atoms with Crippen LogP contribution in [0.3, 0.4) is 0 Å². The Morgan fingerprint density at radius 3 is 2.58 bits per heavy atom. The summed E-state index contributed by atoms with van der Waals surface area (Å²) in [5, 5.41) is 0.440. The van der Waals surface area contributed by atoms with E-state index in [1.807, 2.05) is 0 Å². The van der Waals surface area contributed by atoms with Gasteiger partial charge in [-0.3, -0.25) is 4.79 Å². The van der Waals surface area contributed by atoms with Crippen LogP contribution >= 0.6 is 12.2 Å². The minimum atomic E-state index is -0.225. The molecule has 0 aromatic carbocycles. The van der Waals surface area contributed by atoms with E-state index in [9.17, 15) is 4.79 Å². The van der Waals surface area contributed by atoms with Gasteiger partial charge in [0, 0.05) is 6.42 Å². The molecule has 4 heteroatoms. The van der Waals surface area contributed by atoms with E-state index < -0.39 is 0 Å². The maximum Gasteiger partial charge on any atom is 0.309 e. The molecule has 0 aliphatic carbocycles. The monoisotopic (exact) mass is 190 g/mol. The number of rotatable bonds is 4. The minimum Gasteiger partial charge on any atom is -0.490 e. The van der Waals surface area contributed by atoms with Gasteiger partial charge < -0.3 is 9.47 Å². The number of carbonyl (C=O) groups is 1. The standard InChI is InChI=1S/C8H14O3S/c1-4-11-8(9)6(2)5-7(12)10-3/h6H,4-5H2,1-3H3. The fraction of sp³-hybridized carbons (Fsp3) is 0.750. The van der Waals surface area contributed by atoms with Gasteiger partial charge in [0.15, 0.2) is 5.05 Å². The molecule has 0 amide bonds. The third-order valence-corrected chi connectivity index (χ3v) is 1.72. The van der Waals surface area contributed by atoms with Crippen LogP contribution in [-0.4, -0.2) is 24.7 Å². The Morgan fingerprint density at radius 2 is 2.17 bits per heavy atom. The van der Waals surface area contributed by atoms with Gasteiger partial charge in [0.2, 0.25) is 0 Å². The quantitative estimate of drug-likeness (QED) is 0.497. The van der Waals surface area contributed by atoms with E-state index in [1.165, 1.54) is 7.11 Å². The van der Waals surface area contributed by atoms with Crippen molar-refractivity contribution in [3.05, 3.63) is 0 Å². The summed E-state index contributed by atoms with van der Waals surface area (Å²) in [6, 6.07) is 0. The number of carbonyl (C=O) groups excluding carboxylic acids is 1. The van der Waals surface area contributed by atoms with Crippen molar-refractivity contribution in [2.75, 3.05) is 13.7 Å². The molecule has 0 N–H and O–H groups in total. The van der Waals surface area contributed by atoms with Gasteiger partial charge in [0.1, 0.15) is 0 Å². The summed E-state index contributed by atoms with van der Waals surface area (Å²) < 4.78 is 9.57. The lowest BCUT2D eigenvalue weighted by molar-refractivity contribution is -0.147. The van der Waals surface area contributed by atoms with E-state index >= 15 is 0 Å². The highest BCUT2D eigenvalue weighted by atomic mass is 32.1. The van der Waals surface area contributed by atoms with Gasteiger partial charge in [0.25, 0.3) is 0 Å². The molecule has 12 heavy (non-hydrogen) atoms. The van der Waals surface area contributed by atoms with E-state index in [0.29, 0.717) is 18.1 Å². The van der Waals surface area contributed by atoms with Crippen LogP contribution in [0.5, 0.6) is 0 Å². The van der Waals surface area contributed by atoms with Crippen LogP contribution in [0.1, 0.15) is 20.3 Å². The van der Waals surface area contributed by atoms with Crippen molar-refractivity contribution in [2.24, 2.45) is 5.92 Å². The van der Waals surface area contributed by atoms with Gasteiger partial charge in [-0.25, -0.2) is 0 Å². The zero-order chi connectivity index (χ0) is 9.56. The summed E-state index contributed by atoms with van der Waals surface area (Å²) in [6.07, 6.45) is 0.449. The van der Waals surface area contributed by atoms with Gasteiger partial charge in [-0.2, -0.15) is 0 Å². The second-order valence-corrected chi connectivity index (χ2v) is 2.89. The molecule has 0 fully saturated rings. The number of thiocarbonyl (C=S) groups is 1. The smallest absolute Gasteiger partial charge is 0.309 e. The van der Waals surface area contributed by atoms with E-state index in [0.717, 1.165) is 0 Å². The van der Waals surface area contributed by atoms with Crippen LogP contribution in [0.4, 0.5) is 0 Å². The first-order valence-electron chi connectivity index (χ1n) is 3.85. The van der Waals surface area contributed by atoms with Crippen molar-refractivity contribution < 1.29 is 14.3 Å². The molecule has 0 saturated heterocycles. The Kier molecular flexibility index (Phi) is 5.62. The summed E-state index contributed by atoms with van der Waals surface area (Å²) in [7, 11) is 1.50. The lowest BCUT2D eigenvalue weighted by Gasteiger charge is -2.09. The molecule has 0 aliphatic heterocycles. The predicted molar refractivity (Wildman–Crippen MR) is 50.0 cm³/mol. The summed E-state index contributed by atoms with van der Waals surface area (Å²) in [4.78, 5) is 11.1. The third-order valence-electron chi connectivity index (χ3n) is 1.39. The normalized spacial score (nSPS) is 11.9. The van der Waals surface area contributed by atoms with Crippen LogP contribution in [0.2, 0.25) is 0 Å². The van der Waals surface area contributed by atoms with Crippen molar-refractivity contribution in [3.8, 4) is 0 Å². The topological polar surface area (TPSA) is 35.5 Å². The molecule has 1 unspecified atom stereocenters. The van der Waals surface area contributed by atoms with E-state index in [1.54, 1.807) is 13.8 Å². The molecule has 0 aromatic heterocycles. The zero-order valence-corrected chi connectivity index (χ0v) is 8.44. The zero-order valence-electron chi connectivity index (χ0n) is 7.62. The number of hydrogen-bond acceptors (Lipinski definition) is 4. The van der Waals surface area contributed by atoms with Gasteiger partial charge in [-0.05, 0) is 19.1 Å². The van der Waals surface area contributed by atoms with Crippen molar-refractivity contribution >= 4 is 23.2 Å². The molecule has 70 valence electrons. The number of esters is 1. The second kappa shape index (κ2) is 5.94. The Hall–Kier alpha value is -0.640. The van der Waals surface area contributed by atoms with Gasteiger partial charge in [-0.1, -0.05) is 6.92 Å². The number of ether oxygens (including phenoxy) is 2. The fourth-order valence-electron chi connectivity index (χ4n) is 0.701. The molecule has 0 radical (unpaired) electrons. The average Bonchev–Trinajstić information content (AvgIpc) is 2.04. The molecular formula is C8H14O3S. The molecule has 0 rings (SSSR count). The summed E-state index contributed by atoms with van der Waals surface area (Å²) >= 11 is 4.80. The summed E-state index contributed by atoms with van der Waals surface area (Å²) in [5.41, 5.74) is 0. The number of methoxy groups -OCH3 is 1. The van der Waals surface area contributed by atoms with Crippen molar-refractivity contribution in [3.63, 3.8) is 0 Å². The van der Waals surface area contributed by atoms with E-state index in [-0.39, 0.29) is 11.9 Å².